The summed E-state index contributed by atoms with van der Waals surface area (Å²) in [7, 11) is 1.86. The van der Waals surface area contributed by atoms with Gasteiger partial charge in [-0.1, -0.05) is 0 Å². The van der Waals surface area contributed by atoms with Crippen molar-refractivity contribution in [2.45, 2.75) is 13.8 Å². The number of aromatic nitrogens is 4. The number of anilines is 2. The van der Waals surface area contributed by atoms with Crippen LogP contribution in [0.1, 0.15) is 12.7 Å². The number of nitrogens with zero attached hydrogens (tertiary/aromatic N) is 4. The number of hydrogen-bond acceptors (Lipinski definition) is 5. The van der Waals surface area contributed by atoms with Gasteiger partial charge in [-0.05, 0) is 13.8 Å². The standard InChI is InChI=1S/C11H15N5O/c1-4-17-11-5-10(13-8(2)14-11)15-9-6-12-16(3)7-9/h5-7H,4H2,1-3H3,(H,13,14,15). The molecule has 0 aliphatic carbocycles. The normalized spacial score (nSPS) is 10.3. The van der Waals surface area contributed by atoms with E-state index in [0.717, 1.165) is 5.69 Å². The summed E-state index contributed by atoms with van der Waals surface area (Å²) in [6.07, 6.45) is 3.61. The zero-order valence-corrected chi connectivity index (χ0v) is 10.1. The van der Waals surface area contributed by atoms with Gasteiger partial charge in [-0.25, -0.2) is 4.98 Å². The van der Waals surface area contributed by atoms with Gasteiger partial charge in [0.05, 0.1) is 18.5 Å². The average Bonchev–Trinajstić information content (AvgIpc) is 2.63. The Labute approximate surface area is 99.7 Å². The summed E-state index contributed by atoms with van der Waals surface area (Å²) in [4.78, 5) is 8.46. The fourth-order valence-corrected chi connectivity index (χ4v) is 1.46. The first-order chi connectivity index (χ1) is 8.17. The van der Waals surface area contributed by atoms with E-state index in [0.29, 0.717) is 24.1 Å². The van der Waals surface area contributed by atoms with Gasteiger partial charge in [0.25, 0.3) is 0 Å². The maximum Gasteiger partial charge on any atom is 0.218 e. The molecule has 0 radical (unpaired) electrons. The molecule has 1 N–H and O–H groups in total. The first kappa shape index (κ1) is 11.4. The van der Waals surface area contributed by atoms with Crippen molar-refractivity contribution in [3.8, 4) is 5.88 Å². The van der Waals surface area contributed by atoms with Crippen LogP contribution in [0.25, 0.3) is 0 Å². The summed E-state index contributed by atoms with van der Waals surface area (Å²) in [5.41, 5.74) is 0.882. The second-order valence-electron chi connectivity index (χ2n) is 3.60. The Morgan fingerprint density at radius 3 is 2.88 bits per heavy atom. The van der Waals surface area contributed by atoms with Crippen molar-refractivity contribution in [3.63, 3.8) is 0 Å². The van der Waals surface area contributed by atoms with Crippen molar-refractivity contribution in [2.75, 3.05) is 11.9 Å². The van der Waals surface area contributed by atoms with Crippen molar-refractivity contribution < 1.29 is 4.74 Å². The van der Waals surface area contributed by atoms with Crippen molar-refractivity contribution >= 4 is 11.5 Å². The molecule has 2 aromatic rings. The zero-order chi connectivity index (χ0) is 12.3. The lowest BCUT2D eigenvalue weighted by atomic mass is 10.4. The highest BCUT2D eigenvalue weighted by atomic mass is 16.5. The van der Waals surface area contributed by atoms with Crippen LogP contribution in [0.5, 0.6) is 5.88 Å². The lowest BCUT2D eigenvalue weighted by Crippen LogP contribution is -2.01. The van der Waals surface area contributed by atoms with Crippen molar-refractivity contribution in [1.29, 1.82) is 0 Å². The highest BCUT2D eigenvalue weighted by Gasteiger charge is 2.03. The van der Waals surface area contributed by atoms with E-state index in [1.807, 2.05) is 27.1 Å². The first-order valence-electron chi connectivity index (χ1n) is 5.41. The summed E-state index contributed by atoms with van der Waals surface area (Å²) in [5, 5.41) is 7.22. The predicted octanol–water partition coefficient (Wildman–Crippen LogP) is 1.66. The quantitative estimate of drug-likeness (QED) is 0.870. The van der Waals surface area contributed by atoms with E-state index in [1.54, 1.807) is 16.9 Å². The van der Waals surface area contributed by atoms with Crippen LogP contribution in [-0.4, -0.2) is 26.4 Å². The van der Waals surface area contributed by atoms with Gasteiger partial charge in [-0.3, -0.25) is 4.68 Å². The molecule has 0 saturated heterocycles. The highest BCUT2D eigenvalue weighted by molar-refractivity contribution is 5.54. The molecule has 17 heavy (non-hydrogen) atoms. The van der Waals surface area contributed by atoms with Gasteiger partial charge in [0.2, 0.25) is 5.88 Å². The summed E-state index contributed by atoms with van der Waals surface area (Å²) >= 11 is 0. The summed E-state index contributed by atoms with van der Waals surface area (Å²) < 4.78 is 7.08. The van der Waals surface area contributed by atoms with E-state index in [2.05, 4.69) is 20.4 Å². The lowest BCUT2D eigenvalue weighted by Gasteiger charge is -2.07. The van der Waals surface area contributed by atoms with Crippen LogP contribution in [0.2, 0.25) is 0 Å². The van der Waals surface area contributed by atoms with Gasteiger partial charge < -0.3 is 10.1 Å². The van der Waals surface area contributed by atoms with E-state index >= 15 is 0 Å². The minimum Gasteiger partial charge on any atom is -0.478 e. The molecule has 2 aromatic heterocycles. The Kier molecular flexibility index (Phi) is 3.22. The molecule has 0 aliphatic rings. The zero-order valence-electron chi connectivity index (χ0n) is 10.1. The molecule has 0 atom stereocenters. The molecule has 0 aromatic carbocycles. The third-order valence-electron chi connectivity index (χ3n) is 2.08. The van der Waals surface area contributed by atoms with Gasteiger partial charge in [-0.15, -0.1) is 0 Å². The van der Waals surface area contributed by atoms with Crippen molar-refractivity contribution in [3.05, 3.63) is 24.3 Å². The summed E-state index contributed by atoms with van der Waals surface area (Å²) in [5.74, 6) is 1.95. The second-order valence-corrected chi connectivity index (χ2v) is 3.60. The molecule has 0 spiro atoms. The molecule has 0 saturated carbocycles. The minimum atomic E-state index is 0.575. The molecule has 6 heteroatoms. The summed E-state index contributed by atoms with van der Waals surface area (Å²) in [6.45, 7) is 4.34. The van der Waals surface area contributed by atoms with Crippen LogP contribution in [0, 0.1) is 6.92 Å². The van der Waals surface area contributed by atoms with Gasteiger partial charge in [-0.2, -0.15) is 10.1 Å². The molecular weight excluding hydrogens is 218 g/mol. The van der Waals surface area contributed by atoms with Gasteiger partial charge >= 0.3 is 0 Å². The maximum absolute atomic E-state index is 5.36. The largest absolute Gasteiger partial charge is 0.478 e. The van der Waals surface area contributed by atoms with E-state index in [1.165, 1.54) is 0 Å². The fraction of sp³-hybridized carbons (Fsp3) is 0.364. The fourth-order valence-electron chi connectivity index (χ4n) is 1.46. The maximum atomic E-state index is 5.36. The number of nitrogens with one attached hydrogen (secondary N) is 1. The van der Waals surface area contributed by atoms with Crippen LogP contribution in [0.4, 0.5) is 11.5 Å². The number of aryl methyl sites for hydroxylation is 2. The molecular formula is C11H15N5O. The van der Waals surface area contributed by atoms with E-state index in [9.17, 15) is 0 Å². The van der Waals surface area contributed by atoms with Crippen molar-refractivity contribution in [1.82, 2.24) is 19.7 Å². The minimum absolute atomic E-state index is 0.575. The Morgan fingerprint density at radius 2 is 2.24 bits per heavy atom. The van der Waals surface area contributed by atoms with Crippen LogP contribution in [0.3, 0.4) is 0 Å². The summed E-state index contributed by atoms with van der Waals surface area (Å²) in [6, 6.07) is 1.77. The van der Waals surface area contributed by atoms with Crippen LogP contribution >= 0.6 is 0 Å². The second kappa shape index (κ2) is 4.82. The molecule has 0 unspecified atom stereocenters. The SMILES string of the molecule is CCOc1cc(Nc2cnn(C)c2)nc(C)n1. The molecule has 0 aliphatic heterocycles. The van der Waals surface area contributed by atoms with Gasteiger partial charge in [0, 0.05) is 19.3 Å². The Balaban J connectivity index is 2.20. The Morgan fingerprint density at radius 1 is 1.41 bits per heavy atom. The highest BCUT2D eigenvalue weighted by Crippen LogP contribution is 2.17. The lowest BCUT2D eigenvalue weighted by molar-refractivity contribution is 0.325. The smallest absolute Gasteiger partial charge is 0.218 e. The van der Waals surface area contributed by atoms with E-state index < -0.39 is 0 Å². The Bertz CT molecular complexity index is 508. The number of ether oxygens (including phenoxy) is 1. The molecule has 0 amide bonds. The first-order valence-corrected chi connectivity index (χ1v) is 5.41. The molecule has 2 rings (SSSR count). The topological polar surface area (TPSA) is 64.9 Å². The van der Waals surface area contributed by atoms with Crippen LogP contribution in [0.15, 0.2) is 18.5 Å². The van der Waals surface area contributed by atoms with Crippen molar-refractivity contribution in [2.24, 2.45) is 7.05 Å². The predicted molar refractivity (Wildman–Crippen MR) is 64.4 cm³/mol. The van der Waals surface area contributed by atoms with Gasteiger partial charge in [0.1, 0.15) is 11.6 Å². The van der Waals surface area contributed by atoms with Gasteiger partial charge in [0.15, 0.2) is 0 Å². The molecule has 90 valence electrons. The van der Waals surface area contributed by atoms with E-state index in [-0.39, 0.29) is 0 Å². The van der Waals surface area contributed by atoms with E-state index in [4.69, 9.17) is 4.74 Å². The average molecular weight is 233 g/mol. The molecule has 0 fully saturated rings. The monoisotopic (exact) mass is 233 g/mol. The molecule has 2 heterocycles. The number of rotatable bonds is 4. The van der Waals surface area contributed by atoms with Crippen LogP contribution in [-0.2, 0) is 7.05 Å². The Hall–Kier alpha value is -2.11. The van der Waals surface area contributed by atoms with Crippen LogP contribution < -0.4 is 10.1 Å². The molecule has 6 nitrogen and oxygen atoms in total. The third-order valence-corrected chi connectivity index (χ3v) is 2.08. The molecule has 0 bridgehead atoms. The number of hydrogen-bond donors (Lipinski definition) is 1. The third kappa shape index (κ3) is 2.93.